The quantitative estimate of drug-likeness (QED) is 0.730. The zero-order valence-electron chi connectivity index (χ0n) is 9.63. The highest BCUT2D eigenvalue weighted by molar-refractivity contribution is 7.99. The maximum atomic E-state index is 11.6. The van der Waals surface area contributed by atoms with E-state index < -0.39 is 6.04 Å². The normalized spacial score (nSPS) is 12.1. The van der Waals surface area contributed by atoms with Gasteiger partial charge < -0.3 is 10.8 Å². The fourth-order valence-electron chi connectivity index (χ4n) is 1.32. The van der Waals surface area contributed by atoms with Gasteiger partial charge in [0.2, 0.25) is 0 Å². The van der Waals surface area contributed by atoms with E-state index in [4.69, 9.17) is 10.8 Å². The maximum absolute atomic E-state index is 11.6. The molecule has 0 saturated carbocycles. The highest BCUT2D eigenvalue weighted by Crippen LogP contribution is 2.12. The monoisotopic (exact) mass is 251 g/mol. The second-order valence-electron chi connectivity index (χ2n) is 3.82. The minimum absolute atomic E-state index is 0.0427. The molecule has 0 aliphatic heterocycles. The number of Topliss-reactive ketones (excluding diaryl/α,β-unsaturated/α-hetero) is 1. The summed E-state index contributed by atoms with van der Waals surface area (Å²) in [5, 5.41) is 8.94. The lowest BCUT2D eigenvalue weighted by Crippen LogP contribution is -2.32. The van der Waals surface area contributed by atoms with Crippen LogP contribution in [0.2, 0.25) is 0 Å². The van der Waals surface area contributed by atoms with Crippen molar-refractivity contribution in [2.45, 2.75) is 18.2 Å². The molecule has 0 unspecified atom stereocenters. The lowest BCUT2D eigenvalue weighted by Gasteiger charge is -2.09. The smallest absolute Gasteiger partial charge is 0.159 e. The summed E-state index contributed by atoms with van der Waals surface area (Å²) >= 11 is 1.53. The third-order valence-electron chi connectivity index (χ3n) is 2.22. The summed E-state index contributed by atoms with van der Waals surface area (Å²) in [6, 6.07) is 9.30. The molecular formula is C13H17NO2S. The summed E-state index contributed by atoms with van der Waals surface area (Å²) in [7, 11) is 0. The number of hydrogen-bond donors (Lipinski definition) is 2. The Hall–Kier alpha value is -1.26. The summed E-state index contributed by atoms with van der Waals surface area (Å²) in [6.45, 7) is 3.32. The third-order valence-corrected chi connectivity index (χ3v) is 3.25. The fourth-order valence-corrected chi connectivity index (χ4v) is 2.26. The van der Waals surface area contributed by atoms with E-state index in [1.54, 1.807) is 0 Å². The lowest BCUT2D eigenvalue weighted by molar-refractivity contribution is -0.117. The molecule has 17 heavy (non-hydrogen) atoms. The van der Waals surface area contributed by atoms with Gasteiger partial charge in [0.25, 0.3) is 0 Å². The van der Waals surface area contributed by atoms with Crippen molar-refractivity contribution in [2.75, 3.05) is 5.75 Å². The molecule has 0 amide bonds. The Bertz CT molecular complexity index is 378. The summed E-state index contributed by atoms with van der Waals surface area (Å²) in [4.78, 5) is 11.6. The number of nitrogens with two attached hydrogens (primary N) is 1. The van der Waals surface area contributed by atoms with Gasteiger partial charge in [0, 0.05) is 12.2 Å². The Balaban J connectivity index is 2.27. The van der Waals surface area contributed by atoms with Gasteiger partial charge in [-0.05, 0) is 5.56 Å². The molecule has 1 atom stereocenters. The van der Waals surface area contributed by atoms with E-state index in [1.165, 1.54) is 17.3 Å². The van der Waals surface area contributed by atoms with Gasteiger partial charge in [0.1, 0.15) is 0 Å². The van der Waals surface area contributed by atoms with E-state index >= 15 is 0 Å². The van der Waals surface area contributed by atoms with Crippen molar-refractivity contribution < 1.29 is 9.90 Å². The van der Waals surface area contributed by atoms with Crippen LogP contribution in [0.25, 0.3) is 0 Å². The molecule has 0 saturated heterocycles. The Morgan fingerprint density at radius 2 is 2.06 bits per heavy atom. The molecule has 1 aromatic rings. The first-order valence-corrected chi connectivity index (χ1v) is 6.51. The van der Waals surface area contributed by atoms with Crippen molar-refractivity contribution in [1.29, 1.82) is 0 Å². The molecule has 1 rings (SSSR count). The molecule has 3 N–H and O–H groups in total. The third kappa shape index (κ3) is 5.56. The standard InChI is InChI=1S/C13H17NO2S/c1-10(15)7-12(14)13(16)9-17-8-11-5-3-2-4-6-11/h2-6,12,15H,1,7-9,14H2/t12-/m0/s1. The number of ketones is 1. The number of hydrogen-bond acceptors (Lipinski definition) is 4. The van der Waals surface area contributed by atoms with Crippen molar-refractivity contribution in [3.8, 4) is 0 Å². The second-order valence-corrected chi connectivity index (χ2v) is 4.81. The Morgan fingerprint density at radius 1 is 1.41 bits per heavy atom. The lowest BCUT2D eigenvalue weighted by atomic mass is 10.1. The van der Waals surface area contributed by atoms with Crippen LogP contribution in [0.5, 0.6) is 0 Å². The van der Waals surface area contributed by atoms with Gasteiger partial charge in [-0.15, -0.1) is 11.8 Å². The molecule has 0 aliphatic carbocycles. The molecule has 0 aliphatic rings. The van der Waals surface area contributed by atoms with E-state index in [9.17, 15) is 4.79 Å². The molecule has 0 heterocycles. The van der Waals surface area contributed by atoms with E-state index in [-0.39, 0.29) is 18.0 Å². The Labute approximate surface area is 106 Å². The Kier molecular flexibility index (Phi) is 5.80. The summed E-state index contributed by atoms with van der Waals surface area (Å²) in [6.07, 6.45) is 0.144. The van der Waals surface area contributed by atoms with Crippen molar-refractivity contribution >= 4 is 17.5 Å². The van der Waals surface area contributed by atoms with Crippen LogP contribution < -0.4 is 5.73 Å². The molecule has 0 bridgehead atoms. The van der Waals surface area contributed by atoms with Gasteiger partial charge >= 0.3 is 0 Å². The number of aliphatic hydroxyl groups excluding tert-OH is 1. The molecule has 0 spiro atoms. The first kappa shape index (κ1) is 13.8. The second kappa shape index (κ2) is 7.14. The van der Waals surface area contributed by atoms with Crippen LogP contribution in [0.15, 0.2) is 42.7 Å². The number of benzene rings is 1. The van der Waals surface area contributed by atoms with Gasteiger partial charge in [-0.1, -0.05) is 36.9 Å². The number of rotatable bonds is 7. The molecule has 1 aromatic carbocycles. The van der Waals surface area contributed by atoms with Crippen molar-refractivity contribution in [3.05, 3.63) is 48.2 Å². The predicted octanol–water partition coefficient (Wildman–Crippen LogP) is 2.28. The molecule has 0 fully saturated rings. The van der Waals surface area contributed by atoms with E-state index in [0.29, 0.717) is 5.75 Å². The zero-order valence-corrected chi connectivity index (χ0v) is 10.5. The van der Waals surface area contributed by atoms with Gasteiger partial charge in [-0.3, -0.25) is 4.79 Å². The Morgan fingerprint density at radius 3 is 2.65 bits per heavy atom. The number of carbonyl (C=O) groups is 1. The topological polar surface area (TPSA) is 63.3 Å². The molecule has 4 heteroatoms. The maximum Gasteiger partial charge on any atom is 0.159 e. The van der Waals surface area contributed by atoms with Crippen LogP contribution in [-0.4, -0.2) is 22.7 Å². The summed E-state index contributed by atoms with van der Waals surface area (Å²) < 4.78 is 0. The van der Waals surface area contributed by atoms with Crippen LogP contribution in [-0.2, 0) is 10.5 Å². The summed E-state index contributed by atoms with van der Waals surface area (Å²) in [5.74, 6) is 1.06. The van der Waals surface area contributed by atoms with Gasteiger partial charge in [-0.2, -0.15) is 0 Å². The van der Waals surface area contributed by atoms with E-state index in [1.807, 2.05) is 30.3 Å². The fraction of sp³-hybridized carbons (Fsp3) is 0.308. The minimum Gasteiger partial charge on any atom is -0.513 e. The number of aliphatic hydroxyl groups is 1. The highest BCUT2D eigenvalue weighted by Gasteiger charge is 2.14. The van der Waals surface area contributed by atoms with Gasteiger partial charge in [0.05, 0.1) is 17.6 Å². The largest absolute Gasteiger partial charge is 0.513 e. The van der Waals surface area contributed by atoms with Crippen molar-refractivity contribution in [3.63, 3.8) is 0 Å². The van der Waals surface area contributed by atoms with Crippen LogP contribution in [0.3, 0.4) is 0 Å². The predicted molar refractivity (Wildman–Crippen MR) is 72.0 cm³/mol. The van der Waals surface area contributed by atoms with Crippen LogP contribution in [0.1, 0.15) is 12.0 Å². The zero-order chi connectivity index (χ0) is 12.7. The molecule has 92 valence electrons. The van der Waals surface area contributed by atoms with Crippen molar-refractivity contribution in [2.24, 2.45) is 5.73 Å². The first-order valence-electron chi connectivity index (χ1n) is 5.36. The summed E-state index contributed by atoms with van der Waals surface area (Å²) in [5.41, 5.74) is 6.80. The average Bonchev–Trinajstić information content (AvgIpc) is 2.29. The highest BCUT2D eigenvalue weighted by atomic mass is 32.2. The van der Waals surface area contributed by atoms with Crippen LogP contribution >= 0.6 is 11.8 Å². The molecule has 3 nitrogen and oxygen atoms in total. The average molecular weight is 251 g/mol. The molecule has 0 radical (unpaired) electrons. The minimum atomic E-state index is -0.643. The van der Waals surface area contributed by atoms with E-state index in [0.717, 1.165) is 5.75 Å². The first-order chi connectivity index (χ1) is 8.09. The van der Waals surface area contributed by atoms with Gasteiger partial charge in [-0.25, -0.2) is 0 Å². The molecule has 0 aromatic heterocycles. The number of carbonyl (C=O) groups excluding carboxylic acids is 1. The van der Waals surface area contributed by atoms with Crippen LogP contribution in [0.4, 0.5) is 0 Å². The van der Waals surface area contributed by atoms with Gasteiger partial charge in [0.15, 0.2) is 5.78 Å². The van der Waals surface area contributed by atoms with E-state index in [2.05, 4.69) is 6.58 Å². The number of thioether (sulfide) groups is 1. The van der Waals surface area contributed by atoms with Crippen molar-refractivity contribution in [1.82, 2.24) is 0 Å². The SMILES string of the molecule is C=C(O)C[C@H](N)C(=O)CSCc1ccccc1. The van der Waals surface area contributed by atoms with Crippen LogP contribution in [0, 0.1) is 0 Å². The molecular weight excluding hydrogens is 234 g/mol.